The van der Waals surface area contributed by atoms with Crippen LogP contribution in [0.5, 0.6) is 0 Å². The second kappa shape index (κ2) is 6.56. The van der Waals surface area contributed by atoms with Crippen LogP contribution in [0.15, 0.2) is 10.5 Å². The summed E-state index contributed by atoms with van der Waals surface area (Å²) in [6, 6.07) is 1.44. The first-order chi connectivity index (χ1) is 9.56. The molecule has 20 heavy (non-hydrogen) atoms. The standard InChI is InChI=1S/C14H19NO5/c1-9-12(14(17)18)6-11(20-9)8-15-13(16)7-10-4-2-3-5-19-10/h6,10H,2-5,7-8H2,1H3,(H,15,16)(H,17,18)/t10-/m0/s1. The fourth-order valence-electron chi connectivity index (χ4n) is 2.28. The summed E-state index contributed by atoms with van der Waals surface area (Å²) >= 11 is 0. The molecule has 0 aromatic carbocycles. The van der Waals surface area contributed by atoms with Gasteiger partial charge in [-0.15, -0.1) is 0 Å². The number of rotatable bonds is 5. The molecule has 1 aromatic rings. The molecule has 1 amide bonds. The molecule has 2 rings (SSSR count). The molecule has 6 nitrogen and oxygen atoms in total. The van der Waals surface area contributed by atoms with Crippen molar-refractivity contribution < 1.29 is 23.8 Å². The Balaban J connectivity index is 1.80. The predicted octanol–water partition coefficient (Wildman–Crippen LogP) is 1.86. The van der Waals surface area contributed by atoms with Gasteiger partial charge in [0.05, 0.1) is 19.1 Å². The third-order valence-electron chi connectivity index (χ3n) is 3.35. The Bertz CT molecular complexity index is 488. The second-order valence-corrected chi connectivity index (χ2v) is 4.96. The Morgan fingerprint density at radius 2 is 2.25 bits per heavy atom. The molecule has 2 heterocycles. The van der Waals surface area contributed by atoms with Gasteiger partial charge < -0.3 is 19.6 Å². The van der Waals surface area contributed by atoms with Crippen molar-refractivity contribution in [1.82, 2.24) is 5.32 Å². The SMILES string of the molecule is Cc1oc(CNC(=O)C[C@@H]2CCCCO2)cc1C(=O)O. The van der Waals surface area contributed by atoms with E-state index in [-0.39, 0.29) is 24.1 Å². The molecular formula is C14H19NO5. The van der Waals surface area contributed by atoms with Crippen LogP contribution < -0.4 is 5.32 Å². The van der Waals surface area contributed by atoms with Crippen molar-refractivity contribution in [2.75, 3.05) is 6.61 Å². The van der Waals surface area contributed by atoms with Crippen molar-refractivity contribution in [3.8, 4) is 0 Å². The zero-order valence-electron chi connectivity index (χ0n) is 11.5. The van der Waals surface area contributed by atoms with E-state index in [0.29, 0.717) is 17.9 Å². The lowest BCUT2D eigenvalue weighted by Gasteiger charge is -2.21. The second-order valence-electron chi connectivity index (χ2n) is 4.96. The number of carboxylic acids is 1. The number of hydrogen-bond acceptors (Lipinski definition) is 4. The van der Waals surface area contributed by atoms with Gasteiger partial charge in [0, 0.05) is 6.61 Å². The average molecular weight is 281 g/mol. The molecule has 0 aliphatic carbocycles. The van der Waals surface area contributed by atoms with Gasteiger partial charge in [-0.3, -0.25) is 4.79 Å². The molecule has 0 saturated carbocycles. The highest BCUT2D eigenvalue weighted by molar-refractivity contribution is 5.88. The normalized spacial score (nSPS) is 18.8. The minimum Gasteiger partial charge on any atom is -0.478 e. The highest BCUT2D eigenvalue weighted by Crippen LogP contribution is 2.16. The van der Waals surface area contributed by atoms with Crippen LogP contribution in [0.4, 0.5) is 0 Å². The maximum Gasteiger partial charge on any atom is 0.339 e. The van der Waals surface area contributed by atoms with Gasteiger partial charge in [-0.25, -0.2) is 4.79 Å². The molecule has 0 spiro atoms. The number of furan rings is 1. The van der Waals surface area contributed by atoms with Gasteiger partial charge >= 0.3 is 5.97 Å². The highest BCUT2D eigenvalue weighted by atomic mass is 16.5. The van der Waals surface area contributed by atoms with Crippen molar-refractivity contribution in [3.05, 3.63) is 23.2 Å². The topological polar surface area (TPSA) is 88.8 Å². The van der Waals surface area contributed by atoms with E-state index in [1.54, 1.807) is 6.92 Å². The molecule has 2 N–H and O–H groups in total. The van der Waals surface area contributed by atoms with Crippen molar-refractivity contribution in [2.45, 2.75) is 45.3 Å². The van der Waals surface area contributed by atoms with E-state index in [0.717, 1.165) is 25.9 Å². The molecule has 0 radical (unpaired) electrons. The molecular weight excluding hydrogens is 262 g/mol. The summed E-state index contributed by atoms with van der Waals surface area (Å²) in [5, 5.41) is 11.6. The molecule has 1 aromatic heterocycles. The molecule has 1 fully saturated rings. The number of hydrogen-bond donors (Lipinski definition) is 2. The van der Waals surface area contributed by atoms with Gasteiger partial charge in [0.25, 0.3) is 0 Å². The molecule has 6 heteroatoms. The van der Waals surface area contributed by atoms with Crippen molar-refractivity contribution in [1.29, 1.82) is 0 Å². The first kappa shape index (κ1) is 14.6. The molecule has 0 unspecified atom stereocenters. The minimum absolute atomic E-state index is 0.00309. The fraction of sp³-hybridized carbons (Fsp3) is 0.571. The van der Waals surface area contributed by atoms with Crippen LogP contribution in [-0.2, 0) is 16.1 Å². The number of carboxylic acid groups (broad SMARTS) is 1. The number of ether oxygens (including phenoxy) is 1. The van der Waals surface area contributed by atoms with Crippen LogP contribution in [0.3, 0.4) is 0 Å². The van der Waals surface area contributed by atoms with Gasteiger partial charge in [0.2, 0.25) is 5.91 Å². The van der Waals surface area contributed by atoms with E-state index >= 15 is 0 Å². The monoisotopic (exact) mass is 281 g/mol. The Hall–Kier alpha value is -1.82. The zero-order chi connectivity index (χ0) is 14.5. The smallest absolute Gasteiger partial charge is 0.339 e. The van der Waals surface area contributed by atoms with Crippen molar-refractivity contribution >= 4 is 11.9 Å². The first-order valence-electron chi connectivity index (χ1n) is 6.77. The number of aromatic carboxylic acids is 1. The third-order valence-corrected chi connectivity index (χ3v) is 3.35. The summed E-state index contributed by atoms with van der Waals surface area (Å²) in [6.45, 7) is 2.50. The molecule has 0 bridgehead atoms. The largest absolute Gasteiger partial charge is 0.478 e. The Labute approximate surface area is 117 Å². The molecule has 1 saturated heterocycles. The van der Waals surface area contributed by atoms with E-state index in [1.165, 1.54) is 6.07 Å². The predicted molar refractivity (Wildman–Crippen MR) is 70.5 cm³/mol. The number of nitrogens with one attached hydrogen (secondary N) is 1. The number of amides is 1. The van der Waals surface area contributed by atoms with Gasteiger partial charge in [0.1, 0.15) is 17.1 Å². The first-order valence-corrected chi connectivity index (χ1v) is 6.77. The maximum atomic E-state index is 11.8. The zero-order valence-corrected chi connectivity index (χ0v) is 11.5. The molecule has 1 aliphatic heterocycles. The van der Waals surface area contributed by atoms with Crippen LogP contribution in [-0.4, -0.2) is 29.7 Å². The van der Waals surface area contributed by atoms with E-state index in [9.17, 15) is 9.59 Å². The Morgan fingerprint density at radius 3 is 2.85 bits per heavy atom. The molecule has 1 atom stereocenters. The minimum atomic E-state index is -1.03. The van der Waals surface area contributed by atoms with Crippen LogP contribution >= 0.6 is 0 Å². The lowest BCUT2D eigenvalue weighted by molar-refractivity contribution is -0.125. The van der Waals surface area contributed by atoms with Crippen LogP contribution in [0.2, 0.25) is 0 Å². The van der Waals surface area contributed by atoms with Crippen molar-refractivity contribution in [3.63, 3.8) is 0 Å². The maximum absolute atomic E-state index is 11.8. The van der Waals surface area contributed by atoms with Gasteiger partial charge in [0.15, 0.2) is 0 Å². The summed E-state index contributed by atoms with van der Waals surface area (Å²) in [5.74, 6) is -0.350. The number of aryl methyl sites for hydroxylation is 1. The lowest BCUT2D eigenvalue weighted by atomic mass is 10.1. The number of carbonyl (C=O) groups excluding carboxylic acids is 1. The van der Waals surface area contributed by atoms with E-state index < -0.39 is 5.97 Å². The van der Waals surface area contributed by atoms with Crippen LogP contribution in [0, 0.1) is 6.92 Å². The Kier molecular flexibility index (Phi) is 4.79. The van der Waals surface area contributed by atoms with Gasteiger partial charge in [-0.1, -0.05) is 0 Å². The summed E-state index contributed by atoms with van der Waals surface area (Å²) in [4.78, 5) is 22.6. The summed E-state index contributed by atoms with van der Waals surface area (Å²) < 4.78 is 10.8. The van der Waals surface area contributed by atoms with E-state index in [2.05, 4.69) is 5.32 Å². The van der Waals surface area contributed by atoms with Crippen molar-refractivity contribution in [2.24, 2.45) is 0 Å². The quantitative estimate of drug-likeness (QED) is 0.860. The van der Waals surface area contributed by atoms with E-state index in [4.69, 9.17) is 14.3 Å². The van der Waals surface area contributed by atoms with Gasteiger partial charge in [-0.2, -0.15) is 0 Å². The highest BCUT2D eigenvalue weighted by Gasteiger charge is 2.18. The van der Waals surface area contributed by atoms with E-state index in [1.807, 2.05) is 0 Å². The number of carbonyl (C=O) groups is 2. The summed E-state index contributed by atoms with van der Waals surface area (Å²) in [7, 11) is 0. The summed E-state index contributed by atoms with van der Waals surface area (Å²) in [6.07, 6.45) is 3.40. The van der Waals surface area contributed by atoms with Crippen LogP contribution in [0.1, 0.15) is 47.6 Å². The average Bonchev–Trinajstić information content (AvgIpc) is 2.79. The van der Waals surface area contributed by atoms with Crippen LogP contribution in [0.25, 0.3) is 0 Å². The summed E-state index contributed by atoms with van der Waals surface area (Å²) in [5.41, 5.74) is 0.130. The Morgan fingerprint density at radius 1 is 1.45 bits per heavy atom. The third kappa shape index (κ3) is 3.84. The van der Waals surface area contributed by atoms with Gasteiger partial charge in [-0.05, 0) is 32.3 Å². The lowest BCUT2D eigenvalue weighted by Crippen LogP contribution is -2.30. The fourth-order valence-corrected chi connectivity index (χ4v) is 2.28. The molecule has 110 valence electrons. The molecule has 1 aliphatic rings.